The monoisotopic (exact) mass is 381 g/mol. The van der Waals surface area contributed by atoms with Gasteiger partial charge in [-0.15, -0.1) is 11.3 Å². The van der Waals surface area contributed by atoms with Crippen molar-refractivity contribution in [1.82, 2.24) is 4.98 Å². The molecule has 0 aliphatic heterocycles. The molecule has 1 amide bonds. The molecule has 0 saturated carbocycles. The number of carbonyl (C=O) groups is 1. The lowest BCUT2D eigenvalue weighted by Gasteiger charge is -2.13. The molecule has 2 rings (SSSR count). The summed E-state index contributed by atoms with van der Waals surface area (Å²) < 4.78 is 24.9. The van der Waals surface area contributed by atoms with E-state index in [1.807, 2.05) is 5.38 Å². The van der Waals surface area contributed by atoms with Crippen molar-refractivity contribution in [2.24, 2.45) is 11.8 Å². The van der Waals surface area contributed by atoms with Crippen molar-refractivity contribution < 1.29 is 13.2 Å². The van der Waals surface area contributed by atoms with Crippen LogP contribution in [0.15, 0.2) is 29.6 Å². The second-order valence-electron chi connectivity index (χ2n) is 6.46. The Morgan fingerprint density at radius 2 is 1.84 bits per heavy atom. The Kier molecular flexibility index (Phi) is 6.18. The fourth-order valence-corrected chi connectivity index (χ4v) is 3.39. The molecule has 0 saturated heterocycles. The number of hydrogen-bond donors (Lipinski definition) is 2. The van der Waals surface area contributed by atoms with Gasteiger partial charge in [0.2, 0.25) is 15.9 Å². The number of benzene rings is 1. The highest BCUT2D eigenvalue weighted by molar-refractivity contribution is 7.92. The van der Waals surface area contributed by atoms with E-state index in [4.69, 9.17) is 0 Å². The quantitative estimate of drug-likeness (QED) is 0.763. The summed E-state index contributed by atoms with van der Waals surface area (Å²) in [4.78, 5) is 16.5. The molecule has 1 aromatic heterocycles. The van der Waals surface area contributed by atoms with Crippen LogP contribution in [0.25, 0.3) is 11.3 Å². The fourth-order valence-electron chi connectivity index (χ4n) is 2.09. The summed E-state index contributed by atoms with van der Waals surface area (Å²) in [6.45, 7) is 6.26. The number of hydrogen-bond acceptors (Lipinski definition) is 5. The summed E-state index contributed by atoms with van der Waals surface area (Å²) >= 11 is 1.37. The van der Waals surface area contributed by atoms with Crippen molar-refractivity contribution in [1.29, 1.82) is 0 Å². The number of aromatic nitrogens is 1. The van der Waals surface area contributed by atoms with Gasteiger partial charge in [0.25, 0.3) is 0 Å². The zero-order valence-electron chi connectivity index (χ0n) is 14.7. The van der Waals surface area contributed by atoms with Gasteiger partial charge in [0, 0.05) is 23.1 Å². The van der Waals surface area contributed by atoms with Gasteiger partial charge in [-0.2, -0.15) is 0 Å². The SMILES string of the molecule is CC(C)C(C)CC(=O)Nc1nc(-c2ccc(NS(C)(=O)=O)cc2)cs1. The standard InChI is InChI=1S/C17H23N3O3S2/c1-11(2)12(3)9-16(21)19-17-18-15(10-24-17)13-5-7-14(8-6-13)20-25(4,22)23/h5-8,10-12,20H,9H2,1-4H3,(H,18,19,21). The maximum atomic E-state index is 12.0. The number of carbonyl (C=O) groups excluding carboxylic acids is 1. The number of thiazole rings is 1. The van der Waals surface area contributed by atoms with Gasteiger partial charge < -0.3 is 5.32 Å². The van der Waals surface area contributed by atoms with Crippen LogP contribution < -0.4 is 10.0 Å². The van der Waals surface area contributed by atoms with Gasteiger partial charge in [0.05, 0.1) is 11.9 Å². The molecule has 8 heteroatoms. The molecule has 0 fully saturated rings. The Morgan fingerprint density at radius 1 is 1.20 bits per heavy atom. The molecule has 1 unspecified atom stereocenters. The molecule has 0 aliphatic rings. The lowest BCUT2D eigenvalue weighted by molar-refractivity contribution is -0.117. The molecule has 0 radical (unpaired) electrons. The van der Waals surface area contributed by atoms with E-state index in [-0.39, 0.29) is 5.91 Å². The molecule has 2 aromatic rings. The molecule has 25 heavy (non-hydrogen) atoms. The van der Waals surface area contributed by atoms with Crippen molar-refractivity contribution in [3.63, 3.8) is 0 Å². The van der Waals surface area contributed by atoms with E-state index in [9.17, 15) is 13.2 Å². The van der Waals surface area contributed by atoms with E-state index in [2.05, 4.69) is 35.8 Å². The predicted octanol–water partition coefficient (Wildman–Crippen LogP) is 3.80. The van der Waals surface area contributed by atoms with Gasteiger partial charge in [-0.25, -0.2) is 13.4 Å². The molecule has 0 spiro atoms. The van der Waals surface area contributed by atoms with Crippen LogP contribution in [0.3, 0.4) is 0 Å². The summed E-state index contributed by atoms with van der Waals surface area (Å²) in [6.07, 6.45) is 1.58. The van der Waals surface area contributed by atoms with Crippen LogP contribution in [0.1, 0.15) is 27.2 Å². The van der Waals surface area contributed by atoms with Gasteiger partial charge in [0.1, 0.15) is 0 Å². The number of anilines is 2. The Morgan fingerprint density at radius 3 is 2.40 bits per heavy atom. The Hall–Kier alpha value is -1.93. The van der Waals surface area contributed by atoms with Crippen molar-refractivity contribution in [3.8, 4) is 11.3 Å². The average molecular weight is 382 g/mol. The van der Waals surface area contributed by atoms with Crippen molar-refractivity contribution >= 4 is 38.1 Å². The minimum atomic E-state index is -3.29. The number of nitrogens with one attached hydrogen (secondary N) is 2. The number of rotatable bonds is 7. The average Bonchev–Trinajstić information content (AvgIpc) is 2.94. The second kappa shape index (κ2) is 7.97. The van der Waals surface area contributed by atoms with Crippen molar-refractivity contribution in [3.05, 3.63) is 29.6 Å². The van der Waals surface area contributed by atoms with Gasteiger partial charge in [0.15, 0.2) is 5.13 Å². The fraction of sp³-hybridized carbons (Fsp3) is 0.412. The number of sulfonamides is 1. The first kappa shape index (κ1) is 19.4. The molecule has 6 nitrogen and oxygen atoms in total. The minimum absolute atomic E-state index is 0.0326. The van der Waals surface area contributed by atoms with Crippen LogP contribution in [0, 0.1) is 11.8 Å². The van der Waals surface area contributed by atoms with Crippen LogP contribution >= 0.6 is 11.3 Å². The summed E-state index contributed by atoms with van der Waals surface area (Å²) in [6, 6.07) is 6.93. The third-order valence-corrected chi connectivity index (χ3v) is 5.24. The van der Waals surface area contributed by atoms with Crippen LogP contribution in [0.2, 0.25) is 0 Å². The Labute approximate surface area is 152 Å². The third-order valence-electron chi connectivity index (χ3n) is 3.88. The second-order valence-corrected chi connectivity index (χ2v) is 9.07. The maximum absolute atomic E-state index is 12.0. The summed E-state index contributed by atoms with van der Waals surface area (Å²) in [5.41, 5.74) is 2.09. The lowest BCUT2D eigenvalue weighted by atomic mass is 9.94. The molecule has 0 aliphatic carbocycles. The smallest absolute Gasteiger partial charge is 0.229 e. The molecular formula is C17H23N3O3S2. The maximum Gasteiger partial charge on any atom is 0.229 e. The molecule has 1 aromatic carbocycles. The van der Waals surface area contributed by atoms with Gasteiger partial charge in [-0.1, -0.05) is 32.9 Å². The predicted molar refractivity (Wildman–Crippen MR) is 103 cm³/mol. The molecular weight excluding hydrogens is 358 g/mol. The minimum Gasteiger partial charge on any atom is -0.302 e. The van der Waals surface area contributed by atoms with Gasteiger partial charge in [-0.3, -0.25) is 9.52 Å². The highest BCUT2D eigenvalue weighted by Gasteiger charge is 2.14. The Bertz CT molecular complexity index is 827. The van der Waals surface area contributed by atoms with E-state index in [0.717, 1.165) is 17.5 Å². The first-order chi connectivity index (χ1) is 11.6. The van der Waals surface area contributed by atoms with Gasteiger partial charge in [-0.05, 0) is 24.0 Å². The normalized spacial score (nSPS) is 12.8. The Balaban J connectivity index is 2.02. The highest BCUT2D eigenvalue weighted by Crippen LogP contribution is 2.26. The van der Waals surface area contributed by atoms with E-state index in [0.29, 0.717) is 29.1 Å². The van der Waals surface area contributed by atoms with Crippen LogP contribution in [0.4, 0.5) is 10.8 Å². The summed E-state index contributed by atoms with van der Waals surface area (Å²) in [5, 5.41) is 5.26. The van der Waals surface area contributed by atoms with Gasteiger partial charge >= 0.3 is 0 Å². The lowest BCUT2D eigenvalue weighted by Crippen LogP contribution is -2.17. The molecule has 0 bridgehead atoms. The van der Waals surface area contributed by atoms with E-state index < -0.39 is 10.0 Å². The highest BCUT2D eigenvalue weighted by atomic mass is 32.2. The van der Waals surface area contributed by atoms with Crippen LogP contribution in [0.5, 0.6) is 0 Å². The van der Waals surface area contributed by atoms with E-state index >= 15 is 0 Å². The number of amides is 1. The zero-order valence-corrected chi connectivity index (χ0v) is 16.4. The number of nitrogens with zero attached hydrogens (tertiary/aromatic N) is 1. The summed E-state index contributed by atoms with van der Waals surface area (Å²) in [5.74, 6) is 0.737. The summed E-state index contributed by atoms with van der Waals surface area (Å²) in [7, 11) is -3.29. The first-order valence-corrected chi connectivity index (χ1v) is 10.7. The van der Waals surface area contributed by atoms with E-state index in [1.165, 1.54) is 11.3 Å². The molecule has 2 N–H and O–H groups in total. The van der Waals surface area contributed by atoms with Crippen LogP contribution in [-0.4, -0.2) is 25.6 Å². The first-order valence-electron chi connectivity index (χ1n) is 7.97. The largest absolute Gasteiger partial charge is 0.302 e. The third kappa shape index (κ3) is 6.13. The molecule has 136 valence electrons. The molecule has 1 atom stereocenters. The van der Waals surface area contributed by atoms with E-state index in [1.54, 1.807) is 24.3 Å². The van der Waals surface area contributed by atoms with Crippen molar-refractivity contribution in [2.45, 2.75) is 27.2 Å². The van der Waals surface area contributed by atoms with Crippen molar-refractivity contribution in [2.75, 3.05) is 16.3 Å². The topological polar surface area (TPSA) is 88.2 Å². The van der Waals surface area contributed by atoms with Crippen LogP contribution in [-0.2, 0) is 14.8 Å². The molecule has 1 heterocycles. The zero-order chi connectivity index (χ0) is 18.6.